The SMILES string of the molecule is COC(=O)C[C@@H]1COc2cc(O[C@@H]3CCc4c(-c5c(C)cc(O)cc5C)c(Cl)cc(F)c43)ccc21. The van der Waals surface area contributed by atoms with Gasteiger partial charge in [0, 0.05) is 28.7 Å². The van der Waals surface area contributed by atoms with Crippen molar-refractivity contribution in [3.63, 3.8) is 0 Å². The number of carbonyl (C=O) groups excluding carboxylic acids is 1. The lowest BCUT2D eigenvalue weighted by atomic mass is 9.90. The van der Waals surface area contributed by atoms with Gasteiger partial charge in [0.15, 0.2) is 0 Å². The molecule has 3 aromatic rings. The molecule has 7 heteroatoms. The quantitative estimate of drug-likeness (QED) is 0.404. The van der Waals surface area contributed by atoms with Gasteiger partial charge in [-0.15, -0.1) is 0 Å². The molecule has 1 heterocycles. The first-order chi connectivity index (χ1) is 16.8. The van der Waals surface area contributed by atoms with Gasteiger partial charge in [0.05, 0.1) is 25.2 Å². The van der Waals surface area contributed by atoms with Crippen LogP contribution in [0.1, 0.15) is 52.7 Å². The van der Waals surface area contributed by atoms with E-state index in [1.807, 2.05) is 26.0 Å². The number of fused-ring (bicyclic) bond motifs is 2. The fraction of sp³-hybridized carbons (Fsp3) is 0.321. The monoisotopic (exact) mass is 496 g/mol. The van der Waals surface area contributed by atoms with Crippen molar-refractivity contribution in [3.8, 4) is 28.4 Å². The van der Waals surface area contributed by atoms with Crippen molar-refractivity contribution >= 4 is 17.6 Å². The topological polar surface area (TPSA) is 65.0 Å². The molecule has 35 heavy (non-hydrogen) atoms. The van der Waals surface area contributed by atoms with Crippen LogP contribution in [0.2, 0.25) is 5.02 Å². The highest BCUT2D eigenvalue weighted by Gasteiger charge is 2.33. The zero-order chi connectivity index (χ0) is 24.9. The molecule has 1 aliphatic carbocycles. The van der Waals surface area contributed by atoms with Crippen LogP contribution in [-0.4, -0.2) is 24.8 Å². The maximum absolute atomic E-state index is 15.2. The summed E-state index contributed by atoms with van der Waals surface area (Å²) >= 11 is 6.57. The normalized spacial score (nSPS) is 18.1. The molecule has 0 saturated carbocycles. The fourth-order valence-electron chi connectivity index (χ4n) is 5.38. The van der Waals surface area contributed by atoms with Crippen molar-refractivity contribution in [3.05, 3.63) is 75.1 Å². The molecule has 2 aliphatic rings. The molecule has 0 radical (unpaired) electrons. The van der Waals surface area contributed by atoms with Crippen LogP contribution in [0.4, 0.5) is 4.39 Å². The number of esters is 1. The Labute approximate surface area is 208 Å². The lowest BCUT2D eigenvalue weighted by molar-refractivity contribution is -0.141. The average Bonchev–Trinajstić information content (AvgIpc) is 3.39. The molecule has 0 amide bonds. The van der Waals surface area contributed by atoms with Crippen LogP contribution in [0.3, 0.4) is 0 Å². The van der Waals surface area contributed by atoms with Crippen LogP contribution in [0.5, 0.6) is 17.2 Å². The summed E-state index contributed by atoms with van der Waals surface area (Å²) in [5, 5.41) is 10.3. The first-order valence-corrected chi connectivity index (χ1v) is 12.0. The molecule has 2 atom stereocenters. The van der Waals surface area contributed by atoms with E-state index in [2.05, 4.69) is 0 Å². The minimum Gasteiger partial charge on any atom is -0.508 e. The number of methoxy groups -OCH3 is 1. The minimum absolute atomic E-state index is 0.0577. The number of rotatable bonds is 5. The fourth-order valence-corrected chi connectivity index (χ4v) is 5.69. The van der Waals surface area contributed by atoms with E-state index >= 15 is 4.39 Å². The van der Waals surface area contributed by atoms with Crippen molar-refractivity contribution < 1.29 is 28.5 Å². The molecular weight excluding hydrogens is 471 g/mol. The van der Waals surface area contributed by atoms with Crippen molar-refractivity contribution in [2.75, 3.05) is 13.7 Å². The second-order valence-electron chi connectivity index (χ2n) is 9.19. The second-order valence-corrected chi connectivity index (χ2v) is 9.60. The Kier molecular flexibility index (Phi) is 6.09. The predicted molar refractivity (Wildman–Crippen MR) is 131 cm³/mol. The van der Waals surface area contributed by atoms with E-state index in [1.54, 1.807) is 18.2 Å². The molecule has 0 unspecified atom stereocenters. The molecule has 5 rings (SSSR count). The number of carbonyl (C=O) groups is 1. The predicted octanol–water partition coefficient (Wildman–Crippen LogP) is 6.57. The Morgan fingerprint density at radius 1 is 1.17 bits per heavy atom. The van der Waals surface area contributed by atoms with Gasteiger partial charge in [-0.3, -0.25) is 4.79 Å². The Balaban J connectivity index is 1.47. The summed E-state index contributed by atoms with van der Waals surface area (Å²) in [6, 6.07) is 10.3. The molecule has 0 bridgehead atoms. The minimum atomic E-state index is -0.468. The van der Waals surface area contributed by atoms with Gasteiger partial charge in [-0.1, -0.05) is 17.7 Å². The number of halogens is 2. The Bertz CT molecular complexity index is 1310. The van der Waals surface area contributed by atoms with E-state index in [4.69, 9.17) is 25.8 Å². The molecule has 182 valence electrons. The van der Waals surface area contributed by atoms with Gasteiger partial charge in [-0.25, -0.2) is 4.39 Å². The van der Waals surface area contributed by atoms with Gasteiger partial charge < -0.3 is 19.3 Å². The molecule has 1 aliphatic heterocycles. The maximum atomic E-state index is 15.2. The number of aryl methyl sites for hydroxylation is 2. The van der Waals surface area contributed by atoms with Crippen LogP contribution >= 0.6 is 11.6 Å². The lowest BCUT2D eigenvalue weighted by Gasteiger charge is -2.20. The van der Waals surface area contributed by atoms with Crippen molar-refractivity contribution in [2.24, 2.45) is 0 Å². The highest BCUT2D eigenvalue weighted by molar-refractivity contribution is 6.33. The molecule has 1 N–H and O–H groups in total. The van der Waals surface area contributed by atoms with E-state index in [9.17, 15) is 9.90 Å². The van der Waals surface area contributed by atoms with Crippen molar-refractivity contribution in [2.45, 2.75) is 45.1 Å². The summed E-state index contributed by atoms with van der Waals surface area (Å²) in [5.41, 5.74) is 5.75. The smallest absolute Gasteiger partial charge is 0.306 e. The number of ether oxygens (including phenoxy) is 3. The number of hydrogen-bond donors (Lipinski definition) is 1. The lowest BCUT2D eigenvalue weighted by Crippen LogP contribution is -2.09. The van der Waals surface area contributed by atoms with Crippen LogP contribution in [0.25, 0.3) is 11.1 Å². The summed E-state index contributed by atoms with van der Waals surface area (Å²) in [6.07, 6.45) is 1.02. The Hall–Kier alpha value is -3.25. The maximum Gasteiger partial charge on any atom is 0.306 e. The number of hydrogen-bond acceptors (Lipinski definition) is 5. The van der Waals surface area contributed by atoms with E-state index < -0.39 is 6.10 Å². The number of phenols is 1. The molecule has 3 aromatic carbocycles. The number of aromatic hydroxyl groups is 1. The van der Waals surface area contributed by atoms with E-state index in [0.717, 1.165) is 33.4 Å². The van der Waals surface area contributed by atoms with Gasteiger partial charge in [0.2, 0.25) is 0 Å². The highest BCUT2D eigenvalue weighted by atomic mass is 35.5. The average molecular weight is 497 g/mol. The summed E-state index contributed by atoms with van der Waals surface area (Å²) in [6.45, 7) is 4.23. The van der Waals surface area contributed by atoms with Crippen LogP contribution in [0, 0.1) is 19.7 Å². The molecule has 0 fully saturated rings. The zero-order valence-corrected chi connectivity index (χ0v) is 20.5. The Morgan fingerprint density at radius 2 is 1.91 bits per heavy atom. The molecule has 0 aromatic heterocycles. The van der Waals surface area contributed by atoms with Crippen molar-refractivity contribution in [1.82, 2.24) is 0 Å². The van der Waals surface area contributed by atoms with Gasteiger partial charge in [0.25, 0.3) is 0 Å². The highest BCUT2D eigenvalue weighted by Crippen LogP contribution is 2.47. The first-order valence-electron chi connectivity index (χ1n) is 11.6. The van der Waals surface area contributed by atoms with E-state index in [0.29, 0.717) is 41.5 Å². The third-order valence-electron chi connectivity index (χ3n) is 6.91. The molecule has 0 spiro atoms. The number of benzene rings is 3. The van der Waals surface area contributed by atoms with Crippen LogP contribution in [0.15, 0.2) is 36.4 Å². The van der Waals surface area contributed by atoms with Gasteiger partial charge in [-0.05, 0) is 73.2 Å². The van der Waals surface area contributed by atoms with Crippen LogP contribution < -0.4 is 9.47 Å². The van der Waals surface area contributed by atoms with Crippen molar-refractivity contribution in [1.29, 1.82) is 0 Å². The standard InChI is InChI=1S/C28H26ClFO5/c1-14-8-17(31)9-15(2)26(14)27-20-6-7-23(28(20)22(30)12-21(27)29)35-18-4-5-19-16(10-25(32)33-3)13-34-24(19)11-18/h4-5,8-9,11-12,16,23,31H,6-7,10,13H2,1-3H3/t16-,23-/m1/s1. The number of phenolic OH excluding ortho intramolecular Hbond substituents is 1. The zero-order valence-electron chi connectivity index (χ0n) is 19.8. The third-order valence-corrected chi connectivity index (χ3v) is 7.20. The summed E-state index contributed by atoms with van der Waals surface area (Å²) in [5.74, 6) is 0.708. The summed E-state index contributed by atoms with van der Waals surface area (Å²) in [7, 11) is 1.37. The summed E-state index contributed by atoms with van der Waals surface area (Å²) in [4.78, 5) is 11.7. The van der Waals surface area contributed by atoms with E-state index in [-0.39, 0.29) is 29.9 Å². The van der Waals surface area contributed by atoms with Gasteiger partial charge >= 0.3 is 5.97 Å². The third kappa shape index (κ3) is 4.20. The largest absolute Gasteiger partial charge is 0.508 e. The summed E-state index contributed by atoms with van der Waals surface area (Å²) < 4.78 is 32.0. The van der Waals surface area contributed by atoms with Gasteiger partial charge in [0.1, 0.15) is 29.2 Å². The van der Waals surface area contributed by atoms with E-state index in [1.165, 1.54) is 13.2 Å². The molecular formula is C28H26ClFO5. The second kappa shape index (κ2) is 9.08. The van der Waals surface area contributed by atoms with Crippen LogP contribution in [-0.2, 0) is 16.0 Å². The Morgan fingerprint density at radius 3 is 2.63 bits per heavy atom. The molecule has 0 saturated heterocycles. The van der Waals surface area contributed by atoms with Gasteiger partial charge in [-0.2, -0.15) is 0 Å². The first kappa shape index (κ1) is 23.5. The molecule has 5 nitrogen and oxygen atoms in total.